The third kappa shape index (κ3) is 2.32. The third-order valence-electron chi connectivity index (χ3n) is 3.55. The molecular formula is C16H19Cl. The Balaban J connectivity index is 2.53. The molecule has 0 amide bonds. The Kier molecular flexibility index (Phi) is 3.44. The van der Waals surface area contributed by atoms with Gasteiger partial charge in [0.05, 0.1) is 0 Å². The van der Waals surface area contributed by atoms with Gasteiger partial charge in [0.2, 0.25) is 0 Å². The standard InChI is InChI=1S/C16H19Cl/c1-5-12-7-13-6-11(4)15(10(2)3)8-14(13)9-16(12)17/h7-9,11H,2,5-6H2,1,3-4H3. The summed E-state index contributed by atoms with van der Waals surface area (Å²) in [6.07, 6.45) is 4.34. The highest BCUT2D eigenvalue weighted by Crippen LogP contribution is 2.34. The monoisotopic (exact) mass is 246 g/mol. The molecule has 1 heteroatoms. The van der Waals surface area contributed by atoms with Crippen molar-refractivity contribution in [3.8, 4) is 0 Å². The van der Waals surface area contributed by atoms with Crippen LogP contribution in [0.2, 0.25) is 5.02 Å². The Hall–Kier alpha value is -1.01. The highest BCUT2D eigenvalue weighted by molar-refractivity contribution is 6.31. The molecule has 0 bridgehead atoms. The second-order valence-corrected chi connectivity index (χ2v) is 5.39. The van der Waals surface area contributed by atoms with E-state index in [0.29, 0.717) is 5.92 Å². The maximum atomic E-state index is 6.27. The first-order valence-electron chi connectivity index (χ1n) is 6.21. The maximum absolute atomic E-state index is 6.27. The fraction of sp³-hybridized carbons (Fsp3) is 0.375. The van der Waals surface area contributed by atoms with Crippen LogP contribution >= 0.6 is 11.6 Å². The fourth-order valence-corrected chi connectivity index (χ4v) is 2.87. The van der Waals surface area contributed by atoms with Gasteiger partial charge < -0.3 is 0 Å². The van der Waals surface area contributed by atoms with Gasteiger partial charge in [-0.3, -0.25) is 0 Å². The summed E-state index contributed by atoms with van der Waals surface area (Å²) in [6, 6.07) is 4.37. The molecule has 0 aromatic heterocycles. The number of fused-ring (bicyclic) bond motifs is 1. The zero-order valence-electron chi connectivity index (χ0n) is 10.8. The van der Waals surface area contributed by atoms with Crippen LogP contribution in [0.1, 0.15) is 37.5 Å². The highest BCUT2D eigenvalue weighted by atomic mass is 35.5. The number of allylic oxidation sites excluding steroid dienone is 2. The number of halogens is 1. The lowest BCUT2D eigenvalue weighted by Gasteiger charge is -2.24. The van der Waals surface area contributed by atoms with Crippen LogP contribution in [-0.4, -0.2) is 0 Å². The molecule has 2 rings (SSSR count). The summed E-state index contributed by atoms with van der Waals surface area (Å²) in [5.41, 5.74) is 6.47. The van der Waals surface area contributed by atoms with Crippen molar-refractivity contribution in [3.05, 3.63) is 51.6 Å². The van der Waals surface area contributed by atoms with Gasteiger partial charge in [0.1, 0.15) is 0 Å². The third-order valence-corrected chi connectivity index (χ3v) is 3.90. The zero-order chi connectivity index (χ0) is 12.6. The maximum Gasteiger partial charge on any atom is 0.0444 e. The molecule has 1 aliphatic carbocycles. The molecule has 1 aliphatic rings. The van der Waals surface area contributed by atoms with Crippen LogP contribution in [0.5, 0.6) is 0 Å². The molecule has 1 aromatic carbocycles. The Labute approximate surface area is 109 Å². The molecule has 0 spiro atoms. The van der Waals surface area contributed by atoms with Crippen molar-refractivity contribution in [2.24, 2.45) is 5.92 Å². The van der Waals surface area contributed by atoms with Crippen LogP contribution in [0.4, 0.5) is 0 Å². The van der Waals surface area contributed by atoms with E-state index in [2.05, 4.69) is 45.6 Å². The number of hydrogen-bond acceptors (Lipinski definition) is 0. The molecule has 1 atom stereocenters. The summed E-state index contributed by atoms with van der Waals surface area (Å²) < 4.78 is 0. The second kappa shape index (κ2) is 4.70. The van der Waals surface area contributed by atoms with E-state index < -0.39 is 0 Å². The van der Waals surface area contributed by atoms with Crippen molar-refractivity contribution in [3.63, 3.8) is 0 Å². The summed E-state index contributed by atoms with van der Waals surface area (Å²) in [5, 5.41) is 0.887. The fourth-order valence-electron chi connectivity index (χ4n) is 2.56. The molecule has 1 aromatic rings. The first-order chi connectivity index (χ1) is 8.02. The summed E-state index contributed by atoms with van der Waals surface area (Å²) in [4.78, 5) is 0. The Morgan fingerprint density at radius 3 is 2.76 bits per heavy atom. The average Bonchev–Trinajstić information content (AvgIpc) is 2.27. The molecule has 1 unspecified atom stereocenters. The lowest BCUT2D eigenvalue weighted by atomic mass is 9.81. The van der Waals surface area contributed by atoms with Crippen molar-refractivity contribution < 1.29 is 0 Å². The Bertz CT molecular complexity index is 494. The minimum Gasteiger partial charge on any atom is -0.0958 e. The molecule has 90 valence electrons. The lowest BCUT2D eigenvalue weighted by molar-refractivity contribution is 0.678. The van der Waals surface area contributed by atoms with Crippen molar-refractivity contribution in [1.29, 1.82) is 0 Å². The van der Waals surface area contributed by atoms with Crippen molar-refractivity contribution in [2.75, 3.05) is 0 Å². The van der Waals surface area contributed by atoms with Gasteiger partial charge in [-0.05, 0) is 54.0 Å². The lowest BCUT2D eigenvalue weighted by Crippen LogP contribution is -2.11. The molecule has 0 heterocycles. The topological polar surface area (TPSA) is 0 Å². The molecular weight excluding hydrogens is 228 g/mol. The quantitative estimate of drug-likeness (QED) is 0.685. The van der Waals surface area contributed by atoms with Gasteiger partial charge in [-0.2, -0.15) is 0 Å². The van der Waals surface area contributed by atoms with Crippen molar-refractivity contribution >= 4 is 17.7 Å². The molecule has 0 saturated heterocycles. The Morgan fingerprint density at radius 1 is 1.47 bits per heavy atom. The van der Waals surface area contributed by atoms with Crippen LogP contribution in [0, 0.1) is 5.92 Å². The van der Waals surface area contributed by atoms with E-state index in [1.54, 1.807) is 0 Å². The van der Waals surface area contributed by atoms with Gasteiger partial charge >= 0.3 is 0 Å². The van der Waals surface area contributed by atoms with Gasteiger partial charge in [0.15, 0.2) is 0 Å². The predicted octanol–water partition coefficient (Wildman–Crippen LogP) is 5.05. The van der Waals surface area contributed by atoms with E-state index in [-0.39, 0.29) is 0 Å². The molecule has 0 nitrogen and oxygen atoms in total. The van der Waals surface area contributed by atoms with Crippen molar-refractivity contribution in [1.82, 2.24) is 0 Å². The number of rotatable bonds is 2. The minimum atomic E-state index is 0.561. The summed E-state index contributed by atoms with van der Waals surface area (Å²) in [6.45, 7) is 10.6. The number of aryl methyl sites for hydroxylation is 1. The van der Waals surface area contributed by atoms with E-state index in [4.69, 9.17) is 11.6 Å². The predicted molar refractivity (Wildman–Crippen MR) is 76.5 cm³/mol. The molecule has 0 fully saturated rings. The van der Waals surface area contributed by atoms with E-state index in [9.17, 15) is 0 Å². The second-order valence-electron chi connectivity index (χ2n) is 4.98. The van der Waals surface area contributed by atoms with Crippen LogP contribution < -0.4 is 0 Å². The average molecular weight is 247 g/mol. The van der Waals surface area contributed by atoms with Gasteiger partial charge in [-0.25, -0.2) is 0 Å². The summed E-state index contributed by atoms with van der Waals surface area (Å²) in [7, 11) is 0. The first kappa shape index (κ1) is 12.4. The normalized spacial score (nSPS) is 18.6. The van der Waals surface area contributed by atoms with Gasteiger partial charge in [0, 0.05) is 5.02 Å². The van der Waals surface area contributed by atoms with Gasteiger partial charge in [-0.15, -0.1) is 0 Å². The van der Waals surface area contributed by atoms with E-state index in [1.165, 1.54) is 27.8 Å². The van der Waals surface area contributed by atoms with Crippen molar-refractivity contribution in [2.45, 2.75) is 33.6 Å². The Morgan fingerprint density at radius 2 is 2.18 bits per heavy atom. The first-order valence-corrected chi connectivity index (χ1v) is 6.59. The largest absolute Gasteiger partial charge is 0.0958 e. The molecule has 0 saturated carbocycles. The van der Waals surface area contributed by atoms with Gasteiger partial charge in [0.25, 0.3) is 0 Å². The van der Waals surface area contributed by atoms with Gasteiger partial charge in [-0.1, -0.05) is 49.7 Å². The molecule has 0 radical (unpaired) electrons. The number of hydrogen-bond donors (Lipinski definition) is 0. The SMILES string of the molecule is C=C(C)C1=Cc2cc(Cl)c(CC)cc2CC1C. The van der Waals surface area contributed by atoms with Crippen LogP contribution in [-0.2, 0) is 12.8 Å². The number of benzene rings is 1. The smallest absolute Gasteiger partial charge is 0.0444 e. The summed E-state index contributed by atoms with van der Waals surface area (Å²) in [5.74, 6) is 0.561. The molecule has 0 aliphatic heterocycles. The van der Waals surface area contributed by atoms with E-state index in [1.807, 2.05) is 0 Å². The molecule has 17 heavy (non-hydrogen) atoms. The van der Waals surface area contributed by atoms with E-state index in [0.717, 1.165) is 17.9 Å². The summed E-state index contributed by atoms with van der Waals surface area (Å²) >= 11 is 6.27. The van der Waals surface area contributed by atoms with Crippen LogP contribution in [0.3, 0.4) is 0 Å². The minimum absolute atomic E-state index is 0.561. The van der Waals surface area contributed by atoms with Crippen LogP contribution in [0.15, 0.2) is 29.9 Å². The molecule has 0 N–H and O–H groups in total. The van der Waals surface area contributed by atoms with Crippen LogP contribution in [0.25, 0.3) is 6.08 Å². The highest BCUT2D eigenvalue weighted by Gasteiger charge is 2.19. The van der Waals surface area contributed by atoms with E-state index >= 15 is 0 Å². The zero-order valence-corrected chi connectivity index (χ0v) is 11.6.